The number of rotatable bonds is 3. The highest BCUT2D eigenvalue weighted by Crippen LogP contribution is 2.31. The summed E-state index contributed by atoms with van der Waals surface area (Å²) in [5.41, 5.74) is 0. The highest BCUT2D eigenvalue weighted by Gasteiger charge is 2.33. The lowest BCUT2D eigenvalue weighted by Crippen LogP contribution is -2.38. The predicted molar refractivity (Wildman–Crippen MR) is 70.1 cm³/mol. The fraction of sp³-hybridized carbons (Fsp3) is 0.571. The fourth-order valence-corrected chi connectivity index (χ4v) is 2.82. The van der Waals surface area contributed by atoms with Gasteiger partial charge in [0.2, 0.25) is 11.8 Å². The van der Waals surface area contributed by atoms with Crippen LogP contribution in [0.3, 0.4) is 0 Å². The topological polar surface area (TPSA) is 83.6 Å². The van der Waals surface area contributed by atoms with Crippen molar-refractivity contribution < 1.29 is 19.2 Å². The molecule has 0 bridgehead atoms. The molecule has 1 heterocycles. The van der Waals surface area contributed by atoms with Crippen LogP contribution in [0, 0.1) is 11.8 Å². The number of amides is 4. The lowest BCUT2D eigenvalue weighted by Gasteiger charge is -2.27. The van der Waals surface area contributed by atoms with E-state index in [9.17, 15) is 19.2 Å². The van der Waals surface area contributed by atoms with Crippen molar-refractivity contribution in [3.63, 3.8) is 0 Å². The van der Waals surface area contributed by atoms with Gasteiger partial charge in [0.15, 0.2) is 0 Å². The number of imide groups is 3. The summed E-state index contributed by atoms with van der Waals surface area (Å²) in [5, 5.41) is 2.63. The minimum Gasteiger partial charge on any atom is -0.359 e. The number of carbonyl (C=O) groups is 4. The molecule has 0 saturated heterocycles. The molecule has 1 N–H and O–H groups in total. The van der Waals surface area contributed by atoms with Gasteiger partial charge < -0.3 is 5.32 Å². The van der Waals surface area contributed by atoms with Gasteiger partial charge in [0.25, 0.3) is 11.8 Å². The van der Waals surface area contributed by atoms with E-state index in [0.717, 1.165) is 37.8 Å². The van der Waals surface area contributed by atoms with Gasteiger partial charge in [0.1, 0.15) is 0 Å². The van der Waals surface area contributed by atoms with Crippen LogP contribution in [-0.2, 0) is 19.2 Å². The second-order valence-corrected chi connectivity index (χ2v) is 5.27. The first-order valence-corrected chi connectivity index (χ1v) is 6.83. The second-order valence-electron chi connectivity index (χ2n) is 5.27. The fourth-order valence-electron chi connectivity index (χ4n) is 2.82. The molecular formula is C14H18N2O4. The van der Waals surface area contributed by atoms with Crippen molar-refractivity contribution in [3.05, 3.63) is 12.2 Å². The van der Waals surface area contributed by atoms with Crippen LogP contribution >= 0.6 is 0 Å². The first-order chi connectivity index (χ1) is 9.52. The molecule has 0 spiro atoms. The van der Waals surface area contributed by atoms with E-state index in [0.29, 0.717) is 4.90 Å². The molecule has 108 valence electrons. The molecule has 0 aromatic heterocycles. The summed E-state index contributed by atoms with van der Waals surface area (Å²) in [7, 11) is 1.62. The van der Waals surface area contributed by atoms with Crippen molar-refractivity contribution in [2.45, 2.75) is 32.1 Å². The summed E-state index contributed by atoms with van der Waals surface area (Å²) in [5.74, 6) is -1.34. The standard InChI is InChI=1S/C14H18N2O4/c1-15-14(20)10-4-2-9(3-5-10)8-13(19)16-11(17)6-7-12(16)18/h6-7,9-10H,2-5,8H2,1H3,(H,15,20). The number of nitrogens with zero attached hydrogens (tertiary/aromatic N) is 1. The van der Waals surface area contributed by atoms with Crippen LogP contribution in [0.15, 0.2) is 12.2 Å². The van der Waals surface area contributed by atoms with E-state index in [1.807, 2.05) is 0 Å². The van der Waals surface area contributed by atoms with Crippen LogP contribution in [0.2, 0.25) is 0 Å². The van der Waals surface area contributed by atoms with Gasteiger partial charge in [-0.15, -0.1) is 0 Å². The zero-order chi connectivity index (χ0) is 14.7. The monoisotopic (exact) mass is 278 g/mol. The zero-order valence-electron chi connectivity index (χ0n) is 11.4. The van der Waals surface area contributed by atoms with Gasteiger partial charge in [0.05, 0.1) is 0 Å². The van der Waals surface area contributed by atoms with E-state index in [1.54, 1.807) is 7.05 Å². The molecular weight excluding hydrogens is 260 g/mol. The number of hydrogen-bond acceptors (Lipinski definition) is 4. The maximum atomic E-state index is 12.0. The Hall–Kier alpha value is -1.98. The van der Waals surface area contributed by atoms with E-state index < -0.39 is 17.7 Å². The van der Waals surface area contributed by atoms with Crippen molar-refractivity contribution in [1.82, 2.24) is 10.2 Å². The van der Waals surface area contributed by atoms with Crippen LogP contribution < -0.4 is 5.32 Å². The Balaban J connectivity index is 1.84. The van der Waals surface area contributed by atoms with E-state index in [4.69, 9.17) is 0 Å². The molecule has 2 aliphatic rings. The molecule has 20 heavy (non-hydrogen) atoms. The Labute approximate surface area is 117 Å². The van der Waals surface area contributed by atoms with Crippen LogP contribution in [-0.4, -0.2) is 35.6 Å². The van der Waals surface area contributed by atoms with Crippen LogP contribution in [0.4, 0.5) is 0 Å². The van der Waals surface area contributed by atoms with Crippen LogP contribution in [0.5, 0.6) is 0 Å². The summed E-state index contributed by atoms with van der Waals surface area (Å²) in [6.45, 7) is 0. The predicted octanol–water partition coefficient (Wildman–Crippen LogP) is 0.380. The van der Waals surface area contributed by atoms with Crippen LogP contribution in [0.25, 0.3) is 0 Å². The van der Waals surface area contributed by atoms with Crippen molar-refractivity contribution in [2.24, 2.45) is 11.8 Å². The summed E-state index contributed by atoms with van der Waals surface area (Å²) in [6.07, 6.45) is 5.46. The maximum Gasteiger partial charge on any atom is 0.260 e. The Kier molecular flexibility index (Phi) is 4.32. The smallest absolute Gasteiger partial charge is 0.260 e. The maximum absolute atomic E-state index is 12.0. The molecule has 0 unspecified atom stereocenters. The molecule has 2 rings (SSSR count). The Bertz CT molecular complexity index is 458. The van der Waals surface area contributed by atoms with E-state index in [-0.39, 0.29) is 24.2 Å². The quantitative estimate of drug-likeness (QED) is 0.756. The molecule has 1 aliphatic carbocycles. The highest BCUT2D eigenvalue weighted by molar-refractivity contribution is 6.22. The zero-order valence-corrected chi connectivity index (χ0v) is 11.4. The van der Waals surface area contributed by atoms with Crippen molar-refractivity contribution in [2.75, 3.05) is 7.05 Å². The molecule has 6 heteroatoms. The van der Waals surface area contributed by atoms with E-state index >= 15 is 0 Å². The van der Waals surface area contributed by atoms with E-state index in [2.05, 4.69) is 5.32 Å². The lowest BCUT2D eigenvalue weighted by molar-refractivity contribution is -0.148. The molecule has 0 aromatic rings. The van der Waals surface area contributed by atoms with Gasteiger partial charge >= 0.3 is 0 Å². The van der Waals surface area contributed by atoms with Crippen molar-refractivity contribution in [3.8, 4) is 0 Å². The molecule has 0 atom stereocenters. The van der Waals surface area contributed by atoms with Gasteiger partial charge in [-0.1, -0.05) is 0 Å². The molecule has 4 amide bonds. The molecule has 1 fully saturated rings. The highest BCUT2D eigenvalue weighted by atomic mass is 16.2. The first kappa shape index (κ1) is 14.4. The number of hydrogen-bond donors (Lipinski definition) is 1. The Morgan fingerprint density at radius 3 is 2.20 bits per heavy atom. The first-order valence-electron chi connectivity index (χ1n) is 6.83. The molecule has 1 aliphatic heterocycles. The van der Waals surface area contributed by atoms with Gasteiger partial charge in [-0.25, -0.2) is 4.90 Å². The van der Waals surface area contributed by atoms with Gasteiger partial charge in [-0.3, -0.25) is 19.2 Å². The summed E-state index contributed by atoms with van der Waals surface area (Å²) in [6, 6.07) is 0. The minimum atomic E-state index is -0.556. The Morgan fingerprint density at radius 1 is 1.15 bits per heavy atom. The van der Waals surface area contributed by atoms with Gasteiger partial charge in [-0.2, -0.15) is 0 Å². The summed E-state index contributed by atoms with van der Waals surface area (Å²) < 4.78 is 0. The average Bonchev–Trinajstić information content (AvgIpc) is 2.78. The van der Waals surface area contributed by atoms with Gasteiger partial charge in [-0.05, 0) is 31.6 Å². The van der Waals surface area contributed by atoms with Crippen LogP contribution in [0.1, 0.15) is 32.1 Å². The second kappa shape index (κ2) is 5.98. The van der Waals surface area contributed by atoms with Crippen molar-refractivity contribution in [1.29, 1.82) is 0 Å². The Morgan fingerprint density at radius 2 is 1.70 bits per heavy atom. The largest absolute Gasteiger partial charge is 0.359 e. The third kappa shape index (κ3) is 2.95. The average molecular weight is 278 g/mol. The van der Waals surface area contributed by atoms with E-state index in [1.165, 1.54) is 0 Å². The minimum absolute atomic E-state index is 0.0167. The molecule has 0 aromatic carbocycles. The van der Waals surface area contributed by atoms with Crippen molar-refractivity contribution >= 4 is 23.6 Å². The third-order valence-corrected chi connectivity index (χ3v) is 3.99. The molecule has 1 saturated carbocycles. The number of carbonyl (C=O) groups excluding carboxylic acids is 4. The lowest BCUT2D eigenvalue weighted by atomic mass is 9.80. The summed E-state index contributed by atoms with van der Waals surface area (Å²) in [4.78, 5) is 47.0. The normalized spacial score (nSPS) is 25.9. The SMILES string of the molecule is CNC(=O)C1CCC(CC(=O)N2C(=O)C=CC2=O)CC1. The molecule has 0 radical (unpaired) electrons. The molecule has 6 nitrogen and oxygen atoms in total. The number of nitrogens with one attached hydrogen (secondary N) is 1. The third-order valence-electron chi connectivity index (χ3n) is 3.99. The summed E-state index contributed by atoms with van der Waals surface area (Å²) >= 11 is 0. The van der Waals surface area contributed by atoms with Gasteiger partial charge in [0, 0.05) is 31.5 Å².